The third-order valence-corrected chi connectivity index (χ3v) is 4.97. The van der Waals surface area contributed by atoms with Crippen molar-refractivity contribution in [1.82, 2.24) is 4.68 Å². The zero-order chi connectivity index (χ0) is 19.7. The zero-order valence-corrected chi connectivity index (χ0v) is 16.0. The lowest BCUT2D eigenvalue weighted by Crippen LogP contribution is -2.24. The molecule has 28 heavy (non-hydrogen) atoms. The van der Waals surface area contributed by atoms with Gasteiger partial charge in [0, 0.05) is 27.9 Å². The number of anilines is 1. The topological polar surface area (TPSA) is 69.3 Å². The molecule has 5 heteroatoms. The number of hydrogen-bond acceptors (Lipinski definition) is 3. The van der Waals surface area contributed by atoms with E-state index in [1.807, 2.05) is 56.3 Å². The first-order valence-electron chi connectivity index (χ1n) is 9.43. The van der Waals surface area contributed by atoms with Crippen LogP contribution in [0, 0.1) is 6.92 Å². The van der Waals surface area contributed by atoms with Crippen molar-refractivity contribution in [3.05, 3.63) is 66.4 Å². The molecule has 0 unspecified atom stereocenters. The van der Waals surface area contributed by atoms with Gasteiger partial charge in [-0.3, -0.25) is 4.68 Å². The van der Waals surface area contributed by atoms with Gasteiger partial charge in [0.2, 0.25) is 0 Å². The van der Waals surface area contributed by atoms with E-state index >= 15 is 0 Å². The highest BCUT2D eigenvalue weighted by Gasteiger charge is 2.20. The number of aromatic nitrogens is 1. The van der Waals surface area contributed by atoms with Gasteiger partial charge in [-0.1, -0.05) is 55.5 Å². The summed E-state index contributed by atoms with van der Waals surface area (Å²) < 4.78 is 7.02. The molecular formula is C23H23N3O2. The first-order valence-corrected chi connectivity index (χ1v) is 9.43. The van der Waals surface area contributed by atoms with Crippen LogP contribution in [0.5, 0.6) is 0 Å². The molecule has 0 atom stereocenters. The Bertz CT molecular complexity index is 1180. The standard InChI is InChI=1S/C23H23N3O2/c1-3-14-28-23(27)25-26-15(2)21(18-10-6-7-11-19(18)24)22-17-9-5-4-8-16(17)12-13-20(22)26/h4-13H,3,14,24H2,1-2H3,(H,25,27). The van der Waals surface area contributed by atoms with Gasteiger partial charge in [-0.05, 0) is 36.2 Å². The second-order valence-electron chi connectivity index (χ2n) is 6.81. The molecule has 4 aromatic rings. The fourth-order valence-electron chi connectivity index (χ4n) is 3.70. The summed E-state index contributed by atoms with van der Waals surface area (Å²) in [4.78, 5) is 12.3. The second kappa shape index (κ2) is 7.27. The molecule has 3 N–H and O–H groups in total. The lowest BCUT2D eigenvalue weighted by Gasteiger charge is -2.11. The number of carbonyl (C=O) groups is 1. The van der Waals surface area contributed by atoms with Crippen LogP contribution in [-0.2, 0) is 4.74 Å². The highest BCUT2D eigenvalue weighted by molar-refractivity contribution is 6.16. The minimum Gasteiger partial charge on any atom is -0.448 e. The molecule has 0 saturated carbocycles. The number of para-hydroxylation sites is 1. The Labute approximate surface area is 163 Å². The van der Waals surface area contributed by atoms with E-state index < -0.39 is 6.09 Å². The molecule has 0 aliphatic carbocycles. The highest BCUT2D eigenvalue weighted by Crippen LogP contribution is 2.40. The minimum atomic E-state index is -0.470. The summed E-state index contributed by atoms with van der Waals surface area (Å²) in [5, 5.41) is 3.31. The Morgan fingerprint density at radius 2 is 1.82 bits per heavy atom. The summed E-state index contributed by atoms with van der Waals surface area (Å²) in [5.74, 6) is 0. The van der Waals surface area contributed by atoms with Crippen molar-refractivity contribution in [2.45, 2.75) is 20.3 Å². The Hall–Kier alpha value is -3.47. The van der Waals surface area contributed by atoms with E-state index in [0.29, 0.717) is 12.3 Å². The van der Waals surface area contributed by atoms with Gasteiger partial charge in [0.05, 0.1) is 12.1 Å². The molecule has 0 aliphatic rings. The van der Waals surface area contributed by atoms with Gasteiger partial charge in [-0.25, -0.2) is 10.2 Å². The van der Waals surface area contributed by atoms with Crippen LogP contribution in [0.4, 0.5) is 10.5 Å². The van der Waals surface area contributed by atoms with Gasteiger partial charge in [0.15, 0.2) is 0 Å². The summed E-state index contributed by atoms with van der Waals surface area (Å²) in [5.41, 5.74) is 13.7. The van der Waals surface area contributed by atoms with E-state index in [4.69, 9.17) is 10.5 Å². The van der Waals surface area contributed by atoms with Crippen molar-refractivity contribution in [2.75, 3.05) is 17.8 Å². The third kappa shape index (κ3) is 2.95. The molecule has 3 aromatic carbocycles. The Balaban J connectivity index is 2.01. The maximum absolute atomic E-state index is 12.3. The predicted molar refractivity (Wildman–Crippen MR) is 115 cm³/mol. The van der Waals surface area contributed by atoms with Crippen LogP contribution in [0.1, 0.15) is 19.0 Å². The molecule has 1 amide bonds. The third-order valence-electron chi connectivity index (χ3n) is 4.97. The fourth-order valence-corrected chi connectivity index (χ4v) is 3.70. The number of nitrogen functional groups attached to an aromatic ring is 1. The van der Waals surface area contributed by atoms with E-state index in [0.717, 1.165) is 44.9 Å². The number of nitrogens with two attached hydrogens (primary N) is 1. The lowest BCUT2D eigenvalue weighted by molar-refractivity contribution is 0.158. The molecule has 0 fully saturated rings. The summed E-state index contributed by atoms with van der Waals surface area (Å²) in [7, 11) is 0. The molecule has 1 heterocycles. The zero-order valence-electron chi connectivity index (χ0n) is 16.0. The van der Waals surface area contributed by atoms with Crippen LogP contribution < -0.4 is 11.2 Å². The van der Waals surface area contributed by atoms with Crippen LogP contribution in [0.2, 0.25) is 0 Å². The quantitative estimate of drug-likeness (QED) is 0.468. The van der Waals surface area contributed by atoms with Crippen LogP contribution in [0.3, 0.4) is 0 Å². The highest BCUT2D eigenvalue weighted by atomic mass is 16.6. The van der Waals surface area contributed by atoms with Gasteiger partial charge >= 0.3 is 6.09 Å². The minimum absolute atomic E-state index is 0.380. The van der Waals surface area contributed by atoms with Crippen LogP contribution in [0.15, 0.2) is 60.7 Å². The summed E-state index contributed by atoms with van der Waals surface area (Å²) >= 11 is 0. The number of hydrogen-bond donors (Lipinski definition) is 2. The smallest absolute Gasteiger partial charge is 0.426 e. The Kier molecular flexibility index (Phi) is 4.65. The number of rotatable bonds is 4. The summed E-state index contributed by atoms with van der Waals surface area (Å²) in [6.45, 7) is 4.33. The van der Waals surface area contributed by atoms with E-state index in [9.17, 15) is 4.79 Å². The van der Waals surface area contributed by atoms with Gasteiger partial charge in [0.25, 0.3) is 0 Å². The number of carbonyl (C=O) groups excluding carboxylic acids is 1. The van der Waals surface area contributed by atoms with Crippen molar-refractivity contribution >= 4 is 33.5 Å². The van der Waals surface area contributed by atoms with E-state index in [1.165, 1.54) is 0 Å². The maximum atomic E-state index is 12.3. The number of nitrogens with zero attached hydrogens (tertiary/aromatic N) is 1. The van der Waals surface area contributed by atoms with Crippen molar-refractivity contribution < 1.29 is 9.53 Å². The van der Waals surface area contributed by atoms with Crippen LogP contribution in [0.25, 0.3) is 32.8 Å². The molecule has 142 valence electrons. The van der Waals surface area contributed by atoms with E-state index in [-0.39, 0.29) is 0 Å². The monoisotopic (exact) mass is 373 g/mol. The van der Waals surface area contributed by atoms with Crippen molar-refractivity contribution in [1.29, 1.82) is 0 Å². The predicted octanol–water partition coefficient (Wildman–Crippen LogP) is 5.44. The maximum Gasteiger partial charge on any atom is 0.426 e. The number of benzene rings is 3. The number of ether oxygens (including phenoxy) is 1. The van der Waals surface area contributed by atoms with Gasteiger partial charge in [-0.15, -0.1) is 0 Å². The molecule has 1 aromatic heterocycles. The number of fused-ring (bicyclic) bond motifs is 3. The first kappa shape index (κ1) is 17.9. The SMILES string of the molecule is CCCOC(=O)Nn1c(C)c(-c2ccccc2N)c2c3ccccc3ccc21. The summed E-state index contributed by atoms with van der Waals surface area (Å²) in [6, 6.07) is 20.1. The first-order chi connectivity index (χ1) is 13.6. The average Bonchev–Trinajstić information content (AvgIpc) is 2.99. The van der Waals surface area contributed by atoms with Gasteiger partial charge < -0.3 is 10.5 Å². The summed E-state index contributed by atoms with van der Waals surface area (Å²) in [6.07, 6.45) is 0.303. The normalized spacial score (nSPS) is 11.1. The van der Waals surface area contributed by atoms with E-state index in [1.54, 1.807) is 4.68 Å². The molecule has 0 saturated heterocycles. The lowest BCUT2D eigenvalue weighted by atomic mass is 9.97. The Morgan fingerprint density at radius 1 is 1.07 bits per heavy atom. The molecule has 5 nitrogen and oxygen atoms in total. The number of nitrogens with one attached hydrogen (secondary N) is 1. The van der Waals surface area contributed by atoms with Crippen LogP contribution in [-0.4, -0.2) is 17.4 Å². The molecule has 0 spiro atoms. The number of amides is 1. The largest absolute Gasteiger partial charge is 0.448 e. The van der Waals surface area contributed by atoms with E-state index in [2.05, 4.69) is 23.6 Å². The fraction of sp³-hybridized carbons (Fsp3) is 0.174. The molecule has 4 rings (SSSR count). The molecule has 0 aliphatic heterocycles. The molecule has 0 radical (unpaired) electrons. The van der Waals surface area contributed by atoms with Crippen LogP contribution >= 0.6 is 0 Å². The Morgan fingerprint density at radius 3 is 2.61 bits per heavy atom. The van der Waals surface area contributed by atoms with Crippen molar-refractivity contribution in [2.24, 2.45) is 0 Å². The van der Waals surface area contributed by atoms with Gasteiger partial charge in [-0.2, -0.15) is 0 Å². The molecule has 0 bridgehead atoms. The van der Waals surface area contributed by atoms with Gasteiger partial charge in [0.1, 0.15) is 0 Å². The van der Waals surface area contributed by atoms with Crippen molar-refractivity contribution in [3.8, 4) is 11.1 Å². The second-order valence-corrected chi connectivity index (χ2v) is 6.81. The van der Waals surface area contributed by atoms with Crippen molar-refractivity contribution in [3.63, 3.8) is 0 Å². The average molecular weight is 373 g/mol. The molecular weight excluding hydrogens is 350 g/mol.